The van der Waals surface area contributed by atoms with Crippen molar-refractivity contribution in [2.75, 3.05) is 0 Å². The molecule has 0 atom stereocenters. The summed E-state index contributed by atoms with van der Waals surface area (Å²) in [6, 6.07) is 3.31. The number of rotatable bonds is 0. The van der Waals surface area contributed by atoms with Crippen LogP contribution in [0.5, 0.6) is 0 Å². The van der Waals surface area contributed by atoms with Gasteiger partial charge in [0, 0.05) is 5.39 Å². The third kappa shape index (κ3) is 2.04. The van der Waals surface area contributed by atoms with Crippen LogP contribution in [-0.2, 0) is 0 Å². The molecule has 0 aliphatic heterocycles. The van der Waals surface area contributed by atoms with Crippen molar-refractivity contribution in [3.05, 3.63) is 33.7 Å². The summed E-state index contributed by atoms with van der Waals surface area (Å²) in [6.45, 7) is 0. The highest BCUT2D eigenvalue weighted by molar-refractivity contribution is 6.43. The Bertz CT molecular complexity index is 472. The van der Waals surface area contributed by atoms with E-state index in [1.54, 1.807) is 12.1 Å². The van der Waals surface area contributed by atoms with E-state index in [9.17, 15) is 0 Å². The van der Waals surface area contributed by atoms with Crippen LogP contribution >= 0.6 is 47.2 Å². The quantitative estimate of drug-likeness (QED) is 0.676. The predicted molar refractivity (Wildman–Crippen MR) is 61.8 cm³/mol. The van der Waals surface area contributed by atoms with E-state index in [-0.39, 0.29) is 12.4 Å². The molecule has 0 fully saturated rings. The maximum absolute atomic E-state index is 5.83. The molecule has 0 aliphatic carbocycles. The van der Waals surface area contributed by atoms with Crippen LogP contribution in [0.25, 0.3) is 10.9 Å². The van der Waals surface area contributed by atoms with Crippen LogP contribution in [0.1, 0.15) is 0 Å². The fourth-order valence-corrected chi connectivity index (χ4v) is 1.54. The van der Waals surface area contributed by atoms with Crippen molar-refractivity contribution < 1.29 is 0 Å². The van der Waals surface area contributed by atoms with Gasteiger partial charge in [0.2, 0.25) is 0 Å². The van der Waals surface area contributed by atoms with Crippen molar-refractivity contribution in [2.45, 2.75) is 0 Å². The summed E-state index contributed by atoms with van der Waals surface area (Å²) >= 11 is 17.4. The Balaban J connectivity index is 0.000000980. The van der Waals surface area contributed by atoms with Crippen molar-refractivity contribution in [3.8, 4) is 0 Å². The first-order valence-electron chi connectivity index (χ1n) is 3.44. The topological polar surface area (TPSA) is 25.8 Å². The van der Waals surface area contributed by atoms with Crippen LogP contribution in [0.15, 0.2) is 18.5 Å². The maximum Gasteiger partial charge on any atom is 0.140 e. The number of fused-ring (bicyclic) bond motifs is 1. The molecule has 6 heteroatoms. The molecule has 0 aliphatic rings. The number of aromatic nitrogens is 2. The lowest BCUT2D eigenvalue weighted by atomic mass is 10.2. The largest absolute Gasteiger partial charge is 0.236 e. The summed E-state index contributed by atoms with van der Waals surface area (Å²) < 4.78 is 0. The van der Waals surface area contributed by atoms with Gasteiger partial charge in [-0.1, -0.05) is 34.8 Å². The van der Waals surface area contributed by atoms with Gasteiger partial charge in [-0.15, -0.1) is 12.4 Å². The highest BCUT2D eigenvalue weighted by Gasteiger charge is 2.05. The lowest BCUT2D eigenvalue weighted by Crippen LogP contribution is -1.83. The van der Waals surface area contributed by atoms with Crippen LogP contribution in [0.4, 0.5) is 0 Å². The summed E-state index contributed by atoms with van der Waals surface area (Å²) in [5.74, 6) is 0. The summed E-state index contributed by atoms with van der Waals surface area (Å²) in [5, 5.41) is 2.00. The first-order valence-corrected chi connectivity index (χ1v) is 4.57. The molecular weight excluding hydrogens is 266 g/mol. The molecule has 0 radical (unpaired) electrons. The number of hydrogen-bond donors (Lipinski definition) is 0. The molecule has 1 heterocycles. The van der Waals surface area contributed by atoms with Gasteiger partial charge in [-0.05, 0) is 12.1 Å². The molecule has 2 rings (SSSR count). The van der Waals surface area contributed by atoms with Crippen LogP contribution < -0.4 is 0 Å². The van der Waals surface area contributed by atoms with Gasteiger partial charge in [0.25, 0.3) is 0 Å². The Kier molecular flexibility index (Phi) is 3.78. The molecule has 14 heavy (non-hydrogen) atoms. The molecule has 2 aromatic rings. The lowest BCUT2D eigenvalue weighted by molar-refractivity contribution is 1.22. The van der Waals surface area contributed by atoms with Crippen molar-refractivity contribution in [1.29, 1.82) is 0 Å². The Morgan fingerprint density at radius 2 is 1.57 bits per heavy atom. The van der Waals surface area contributed by atoms with Crippen LogP contribution in [0.3, 0.4) is 0 Å². The van der Waals surface area contributed by atoms with Gasteiger partial charge in [-0.2, -0.15) is 0 Å². The molecule has 0 unspecified atom stereocenters. The Morgan fingerprint density at radius 1 is 0.929 bits per heavy atom. The van der Waals surface area contributed by atoms with Gasteiger partial charge < -0.3 is 0 Å². The van der Waals surface area contributed by atoms with E-state index in [1.165, 1.54) is 6.33 Å². The van der Waals surface area contributed by atoms with E-state index in [0.29, 0.717) is 26.1 Å². The predicted octanol–water partition coefficient (Wildman–Crippen LogP) is 4.01. The van der Waals surface area contributed by atoms with Gasteiger partial charge in [-0.25, -0.2) is 9.97 Å². The highest BCUT2D eigenvalue weighted by Crippen LogP contribution is 2.29. The third-order valence-corrected chi connectivity index (χ3v) is 2.65. The molecule has 0 amide bonds. The molecule has 0 bridgehead atoms. The van der Waals surface area contributed by atoms with E-state index in [2.05, 4.69) is 9.97 Å². The van der Waals surface area contributed by atoms with Gasteiger partial charge in [0.1, 0.15) is 11.5 Å². The lowest BCUT2D eigenvalue weighted by Gasteiger charge is -2.00. The van der Waals surface area contributed by atoms with E-state index in [4.69, 9.17) is 34.8 Å². The fraction of sp³-hybridized carbons (Fsp3) is 0. The average Bonchev–Trinajstić information content (AvgIpc) is 2.09. The highest BCUT2D eigenvalue weighted by atomic mass is 35.5. The van der Waals surface area contributed by atoms with Crippen molar-refractivity contribution in [3.63, 3.8) is 0 Å². The van der Waals surface area contributed by atoms with E-state index >= 15 is 0 Å². The molecule has 0 N–H and O–H groups in total. The number of benzene rings is 1. The van der Waals surface area contributed by atoms with Crippen LogP contribution in [0, 0.1) is 0 Å². The van der Waals surface area contributed by atoms with Crippen LogP contribution in [-0.4, -0.2) is 9.97 Å². The van der Waals surface area contributed by atoms with Crippen molar-refractivity contribution >= 4 is 58.1 Å². The maximum atomic E-state index is 5.83. The van der Waals surface area contributed by atoms with E-state index in [1.807, 2.05) is 0 Å². The second kappa shape index (κ2) is 4.49. The zero-order chi connectivity index (χ0) is 9.42. The van der Waals surface area contributed by atoms with E-state index in [0.717, 1.165) is 0 Å². The molecule has 0 spiro atoms. The molecule has 74 valence electrons. The SMILES string of the molecule is Cl.Clc1cc2ncnc(Cl)c2cc1Cl. The van der Waals surface area contributed by atoms with E-state index < -0.39 is 0 Å². The second-order valence-electron chi connectivity index (χ2n) is 2.45. The molecule has 1 aromatic heterocycles. The summed E-state index contributed by atoms with van der Waals surface area (Å²) in [6.07, 6.45) is 1.38. The second-order valence-corrected chi connectivity index (χ2v) is 3.62. The molecule has 0 saturated heterocycles. The minimum absolute atomic E-state index is 0. The monoisotopic (exact) mass is 268 g/mol. The van der Waals surface area contributed by atoms with Crippen molar-refractivity contribution in [2.24, 2.45) is 0 Å². The fourth-order valence-electron chi connectivity index (χ4n) is 1.02. The smallest absolute Gasteiger partial charge is 0.140 e. The first kappa shape index (κ1) is 11.8. The molecule has 0 saturated carbocycles. The number of halogens is 4. The summed E-state index contributed by atoms with van der Waals surface area (Å²) in [4.78, 5) is 7.84. The van der Waals surface area contributed by atoms with Crippen LogP contribution in [0.2, 0.25) is 15.2 Å². The summed E-state index contributed by atoms with van der Waals surface area (Å²) in [7, 11) is 0. The third-order valence-electron chi connectivity index (χ3n) is 1.63. The van der Waals surface area contributed by atoms with Gasteiger partial charge in [-0.3, -0.25) is 0 Å². The molecular formula is C8H4Cl4N2. The number of nitrogens with zero attached hydrogens (tertiary/aromatic N) is 2. The average molecular weight is 270 g/mol. The minimum Gasteiger partial charge on any atom is -0.236 e. The molecule has 2 nitrogen and oxygen atoms in total. The molecule has 1 aromatic carbocycles. The zero-order valence-electron chi connectivity index (χ0n) is 6.67. The van der Waals surface area contributed by atoms with Gasteiger partial charge in [0.15, 0.2) is 0 Å². The minimum atomic E-state index is 0. The Hall–Kier alpha value is -0.280. The summed E-state index contributed by atoms with van der Waals surface area (Å²) in [5.41, 5.74) is 0.689. The first-order chi connectivity index (χ1) is 6.18. The van der Waals surface area contributed by atoms with Gasteiger partial charge in [0.05, 0.1) is 15.6 Å². The van der Waals surface area contributed by atoms with Gasteiger partial charge >= 0.3 is 0 Å². The standard InChI is InChI=1S/C8H3Cl3N2.ClH/c9-5-1-4-7(2-6(5)10)12-3-13-8(4)11;/h1-3H;1H. The zero-order valence-corrected chi connectivity index (χ0v) is 9.75. The number of hydrogen-bond acceptors (Lipinski definition) is 2. The van der Waals surface area contributed by atoms with Crippen molar-refractivity contribution in [1.82, 2.24) is 9.97 Å². The Morgan fingerprint density at radius 3 is 2.29 bits per heavy atom. The normalized spacial score (nSPS) is 9.93. The Labute approximate surface area is 102 Å².